The van der Waals surface area contributed by atoms with Gasteiger partial charge in [-0.3, -0.25) is 0 Å². The fourth-order valence-corrected chi connectivity index (χ4v) is 4.85. The Balaban J connectivity index is 1.96. The molecule has 0 bridgehead atoms. The first-order valence-corrected chi connectivity index (χ1v) is 8.06. The van der Waals surface area contributed by atoms with Crippen molar-refractivity contribution in [3.63, 3.8) is 0 Å². The van der Waals surface area contributed by atoms with Crippen LogP contribution in [0.5, 0.6) is 0 Å². The Morgan fingerprint density at radius 2 is 2.00 bits per heavy atom. The van der Waals surface area contributed by atoms with Gasteiger partial charge in [0.05, 0.1) is 0 Å². The molecule has 0 saturated carbocycles. The molecule has 5 heteroatoms. The zero-order valence-corrected chi connectivity index (χ0v) is 12.3. The molecule has 0 N–H and O–H groups in total. The van der Waals surface area contributed by atoms with Crippen molar-refractivity contribution in [2.45, 2.75) is 45.3 Å². The highest BCUT2D eigenvalue weighted by molar-refractivity contribution is 8.23. The second-order valence-electron chi connectivity index (χ2n) is 5.35. The van der Waals surface area contributed by atoms with Gasteiger partial charge in [-0.15, -0.1) is 0 Å². The normalized spacial score (nSPS) is 26.5. The molecule has 0 aromatic carbocycles. The summed E-state index contributed by atoms with van der Waals surface area (Å²) in [6, 6.07) is 0.294. The van der Waals surface area contributed by atoms with E-state index in [9.17, 15) is 4.79 Å². The van der Waals surface area contributed by atoms with E-state index in [1.54, 1.807) is 0 Å². The quantitative estimate of drug-likeness (QED) is 0.686. The lowest BCUT2D eigenvalue weighted by Gasteiger charge is -2.39. The van der Waals surface area contributed by atoms with Gasteiger partial charge in [0.1, 0.15) is 5.60 Å². The van der Waals surface area contributed by atoms with Crippen LogP contribution in [-0.2, 0) is 4.74 Å². The van der Waals surface area contributed by atoms with E-state index in [1.807, 2.05) is 49.2 Å². The van der Waals surface area contributed by atoms with Gasteiger partial charge >= 0.3 is 6.09 Å². The number of ether oxygens (including phenoxy) is 1. The lowest BCUT2D eigenvalue weighted by molar-refractivity contribution is 0.0249. The van der Waals surface area contributed by atoms with Gasteiger partial charge in [-0.1, -0.05) is 12.5 Å². The average Bonchev–Trinajstić information content (AvgIpc) is 2.85. The molecule has 3 nitrogen and oxygen atoms in total. The van der Waals surface area contributed by atoms with Crippen molar-refractivity contribution in [2.75, 3.05) is 18.1 Å². The van der Waals surface area contributed by atoms with Crippen molar-refractivity contribution in [1.29, 1.82) is 0 Å². The molecule has 17 heavy (non-hydrogen) atoms. The molecular weight excluding hydrogens is 254 g/mol. The van der Waals surface area contributed by atoms with Crippen molar-refractivity contribution >= 4 is 29.6 Å². The van der Waals surface area contributed by atoms with E-state index in [2.05, 4.69) is 0 Å². The van der Waals surface area contributed by atoms with E-state index >= 15 is 0 Å². The highest BCUT2D eigenvalue weighted by atomic mass is 32.2. The van der Waals surface area contributed by atoms with Crippen molar-refractivity contribution < 1.29 is 9.53 Å². The van der Waals surface area contributed by atoms with Crippen molar-refractivity contribution in [3.05, 3.63) is 4.58 Å². The van der Waals surface area contributed by atoms with Crippen LogP contribution in [0.25, 0.3) is 0 Å². The highest BCUT2D eigenvalue weighted by Gasteiger charge is 2.31. The minimum absolute atomic E-state index is 0.152. The van der Waals surface area contributed by atoms with Crippen molar-refractivity contribution in [2.24, 2.45) is 0 Å². The molecule has 2 fully saturated rings. The number of hydrogen-bond donors (Lipinski definition) is 0. The van der Waals surface area contributed by atoms with Gasteiger partial charge < -0.3 is 33.2 Å². The van der Waals surface area contributed by atoms with E-state index in [-0.39, 0.29) is 6.09 Å². The zero-order chi connectivity index (χ0) is 12.5. The molecule has 2 heterocycles. The maximum Gasteiger partial charge on any atom is 0.408 e. The summed E-state index contributed by atoms with van der Waals surface area (Å²) in [5, 5.41) is 0. The number of rotatable bonds is 1. The molecule has 1 amide bonds. The van der Waals surface area contributed by atoms with Crippen LogP contribution in [0, 0.1) is 4.58 Å². The van der Waals surface area contributed by atoms with Crippen LogP contribution in [-0.4, -0.2) is 40.7 Å². The van der Waals surface area contributed by atoms with E-state index in [0.29, 0.717) is 6.04 Å². The summed E-state index contributed by atoms with van der Waals surface area (Å²) in [6.45, 7) is 6.59. The SMILES string of the molecule is CC(C)(C)OC(=O)N1CCCC1[C-]1SCCS1. The minimum Gasteiger partial charge on any atom is -0.444 e. The summed E-state index contributed by atoms with van der Waals surface area (Å²) in [7, 11) is 0. The summed E-state index contributed by atoms with van der Waals surface area (Å²) >= 11 is 3.82. The number of nitrogens with zero attached hydrogens (tertiary/aromatic N) is 1. The maximum absolute atomic E-state index is 12.1. The minimum atomic E-state index is -0.398. The molecule has 2 aliphatic rings. The standard InChI is InChI=1S/C12H20NO2S2/c1-12(2,3)15-11(14)13-6-4-5-9(13)10-16-7-8-17-10/h9H,4-8H2,1-3H3/q-1. The number of amides is 1. The van der Waals surface area contributed by atoms with Crippen LogP contribution in [0.1, 0.15) is 33.6 Å². The Kier molecular flexibility index (Phi) is 4.18. The van der Waals surface area contributed by atoms with E-state index in [4.69, 9.17) is 4.74 Å². The van der Waals surface area contributed by atoms with E-state index < -0.39 is 5.60 Å². The van der Waals surface area contributed by atoms with Crippen LogP contribution in [0.4, 0.5) is 4.79 Å². The van der Waals surface area contributed by atoms with Gasteiger partial charge in [-0.05, 0) is 38.7 Å². The fourth-order valence-electron chi connectivity index (χ4n) is 2.07. The van der Waals surface area contributed by atoms with Crippen LogP contribution < -0.4 is 0 Å². The smallest absolute Gasteiger partial charge is 0.408 e. The molecular formula is C12H20NO2S2-. The lowest BCUT2D eigenvalue weighted by atomic mass is 10.2. The van der Waals surface area contributed by atoms with Crippen LogP contribution in [0.15, 0.2) is 0 Å². The van der Waals surface area contributed by atoms with Gasteiger partial charge in [-0.2, -0.15) is 4.58 Å². The summed E-state index contributed by atoms with van der Waals surface area (Å²) in [4.78, 5) is 14.0. The monoisotopic (exact) mass is 274 g/mol. The Morgan fingerprint density at radius 3 is 2.59 bits per heavy atom. The summed E-state index contributed by atoms with van der Waals surface area (Å²) < 4.78 is 6.88. The van der Waals surface area contributed by atoms with Gasteiger partial charge in [-0.25, -0.2) is 4.79 Å². The number of hydrogen-bond acceptors (Lipinski definition) is 4. The number of carbonyl (C=O) groups excluding carboxylic acids is 1. The molecule has 2 rings (SSSR count). The summed E-state index contributed by atoms with van der Waals surface area (Å²) in [6.07, 6.45) is 2.03. The fraction of sp³-hybridized carbons (Fsp3) is 0.833. The van der Waals surface area contributed by atoms with Crippen molar-refractivity contribution in [3.8, 4) is 0 Å². The molecule has 1 atom stereocenters. The second kappa shape index (κ2) is 5.31. The Hall–Kier alpha value is -0.0300. The molecule has 0 spiro atoms. The third kappa shape index (κ3) is 3.47. The van der Waals surface area contributed by atoms with Gasteiger partial charge in [0.15, 0.2) is 0 Å². The summed E-state index contributed by atoms with van der Waals surface area (Å²) in [5.74, 6) is 2.36. The third-order valence-corrected chi connectivity index (χ3v) is 5.62. The van der Waals surface area contributed by atoms with Crippen LogP contribution in [0.2, 0.25) is 0 Å². The predicted molar refractivity (Wildman–Crippen MR) is 74.1 cm³/mol. The van der Waals surface area contributed by atoms with Crippen molar-refractivity contribution in [1.82, 2.24) is 4.90 Å². The molecule has 0 aliphatic carbocycles. The van der Waals surface area contributed by atoms with Gasteiger partial charge in [0.2, 0.25) is 0 Å². The Morgan fingerprint density at radius 1 is 1.35 bits per heavy atom. The molecule has 2 aliphatic heterocycles. The first kappa shape index (κ1) is 13.4. The molecule has 1 unspecified atom stereocenters. The van der Waals surface area contributed by atoms with E-state index in [1.165, 1.54) is 16.1 Å². The molecule has 0 aromatic heterocycles. The highest BCUT2D eigenvalue weighted by Crippen LogP contribution is 2.46. The topological polar surface area (TPSA) is 29.5 Å². The number of thioether (sulfide) groups is 2. The summed E-state index contributed by atoms with van der Waals surface area (Å²) in [5.41, 5.74) is -0.398. The molecule has 0 aromatic rings. The lowest BCUT2D eigenvalue weighted by Crippen LogP contribution is -2.41. The second-order valence-corrected chi connectivity index (χ2v) is 7.88. The average molecular weight is 274 g/mol. The first-order valence-electron chi connectivity index (χ1n) is 6.09. The Bertz CT molecular complexity index is 285. The largest absolute Gasteiger partial charge is 0.444 e. The van der Waals surface area contributed by atoms with Crippen LogP contribution in [0.3, 0.4) is 0 Å². The Labute approximate surface area is 112 Å². The zero-order valence-electron chi connectivity index (χ0n) is 10.7. The first-order chi connectivity index (χ1) is 7.97. The molecule has 2 saturated heterocycles. The number of likely N-dealkylation sites (tertiary alicyclic amines) is 1. The number of carbonyl (C=O) groups is 1. The van der Waals surface area contributed by atoms with Crippen LogP contribution >= 0.6 is 23.5 Å². The van der Waals surface area contributed by atoms with Gasteiger partial charge in [0.25, 0.3) is 0 Å². The predicted octanol–water partition coefficient (Wildman–Crippen LogP) is 3.36. The van der Waals surface area contributed by atoms with E-state index in [0.717, 1.165) is 19.4 Å². The maximum atomic E-state index is 12.1. The molecule has 0 radical (unpaired) electrons. The molecule has 98 valence electrons. The van der Waals surface area contributed by atoms with Gasteiger partial charge in [0, 0.05) is 6.54 Å². The third-order valence-electron chi connectivity index (χ3n) is 2.72.